The molecule has 3 nitrogen and oxygen atoms in total. The van der Waals surface area contributed by atoms with Gasteiger partial charge in [0.1, 0.15) is 11.6 Å². The average molecular weight is 277 g/mol. The lowest BCUT2D eigenvalue weighted by molar-refractivity contribution is 0.624. The van der Waals surface area contributed by atoms with Crippen LogP contribution in [0.4, 0.5) is 4.39 Å². The quantitative estimate of drug-likeness (QED) is 0.872. The van der Waals surface area contributed by atoms with E-state index < -0.39 is 0 Å². The van der Waals surface area contributed by atoms with Crippen molar-refractivity contribution in [3.05, 3.63) is 53.4 Å². The van der Waals surface area contributed by atoms with Crippen LogP contribution in [0.3, 0.4) is 0 Å². The summed E-state index contributed by atoms with van der Waals surface area (Å²) in [7, 11) is 0. The Morgan fingerprint density at radius 2 is 2.21 bits per heavy atom. The molecule has 0 aliphatic carbocycles. The zero-order valence-electron chi connectivity index (χ0n) is 10.9. The highest BCUT2D eigenvalue weighted by molar-refractivity contribution is 7.98. The van der Waals surface area contributed by atoms with Crippen molar-refractivity contribution in [2.75, 3.05) is 0 Å². The van der Waals surface area contributed by atoms with Crippen molar-refractivity contribution in [2.45, 2.75) is 30.5 Å². The molecular formula is C14H16FN3S. The third kappa shape index (κ3) is 3.75. The molecule has 0 saturated carbocycles. The Morgan fingerprint density at radius 1 is 1.42 bits per heavy atom. The summed E-state index contributed by atoms with van der Waals surface area (Å²) in [5.41, 5.74) is 7.68. The number of thioether (sulfide) groups is 1. The van der Waals surface area contributed by atoms with E-state index in [9.17, 15) is 4.39 Å². The third-order valence-corrected chi connectivity index (χ3v) is 3.71. The van der Waals surface area contributed by atoms with Crippen molar-refractivity contribution >= 4 is 11.8 Å². The number of rotatable bonds is 4. The first-order valence-corrected chi connectivity index (χ1v) is 7.01. The molecule has 0 fully saturated rings. The van der Waals surface area contributed by atoms with Gasteiger partial charge in [0.2, 0.25) is 0 Å². The van der Waals surface area contributed by atoms with Crippen LogP contribution in [0, 0.1) is 12.7 Å². The molecule has 0 radical (unpaired) electrons. The van der Waals surface area contributed by atoms with Gasteiger partial charge >= 0.3 is 0 Å². The maximum atomic E-state index is 13.0. The van der Waals surface area contributed by atoms with Crippen molar-refractivity contribution in [2.24, 2.45) is 5.73 Å². The zero-order valence-corrected chi connectivity index (χ0v) is 11.7. The molecule has 1 aromatic heterocycles. The predicted molar refractivity (Wildman–Crippen MR) is 75.3 cm³/mol. The van der Waals surface area contributed by atoms with Crippen LogP contribution >= 0.6 is 11.8 Å². The van der Waals surface area contributed by atoms with Gasteiger partial charge in [-0.2, -0.15) is 0 Å². The minimum atomic E-state index is -0.227. The molecule has 0 spiro atoms. The fourth-order valence-electron chi connectivity index (χ4n) is 1.75. The molecule has 1 atom stereocenters. The van der Waals surface area contributed by atoms with E-state index in [1.807, 2.05) is 19.9 Å². The lowest BCUT2D eigenvalue weighted by Gasteiger charge is -2.09. The molecule has 1 aromatic carbocycles. The van der Waals surface area contributed by atoms with Crippen molar-refractivity contribution in [1.29, 1.82) is 0 Å². The van der Waals surface area contributed by atoms with Crippen LogP contribution in [0.15, 0.2) is 35.4 Å². The maximum Gasteiger partial charge on any atom is 0.138 e. The van der Waals surface area contributed by atoms with E-state index >= 15 is 0 Å². The Kier molecular flexibility index (Phi) is 4.50. The van der Waals surface area contributed by atoms with Gasteiger partial charge < -0.3 is 5.73 Å². The second-order valence-electron chi connectivity index (χ2n) is 4.36. The van der Waals surface area contributed by atoms with Gasteiger partial charge in [-0.05, 0) is 32.0 Å². The van der Waals surface area contributed by atoms with Crippen LogP contribution in [-0.4, -0.2) is 9.97 Å². The highest BCUT2D eigenvalue weighted by Crippen LogP contribution is 2.22. The number of hydrogen-bond acceptors (Lipinski definition) is 4. The fourth-order valence-corrected chi connectivity index (χ4v) is 2.55. The normalized spacial score (nSPS) is 12.4. The van der Waals surface area contributed by atoms with Gasteiger partial charge in [-0.3, -0.25) is 0 Å². The van der Waals surface area contributed by atoms with Crippen LogP contribution in [0.1, 0.15) is 30.0 Å². The van der Waals surface area contributed by atoms with Crippen LogP contribution in [0.2, 0.25) is 0 Å². The van der Waals surface area contributed by atoms with Gasteiger partial charge in [-0.1, -0.05) is 6.07 Å². The second-order valence-corrected chi connectivity index (χ2v) is 5.41. The SMILES string of the molecule is Cc1nc(CSc2cccc(F)c2)ncc1[C@@H](C)N. The van der Waals surface area contributed by atoms with E-state index in [0.717, 1.165) is 22.0 Å². The van der Waals surface area contributed by atoms with Gasteiger partial charge in [-0.15, -0.1) is 11.8 Å². The first-order valence-electron chi connectivity index (χ1n) is 6.02. The Balaban J connectivity index is 2.06. The lowest BCUT2D eigenvalue weighted by atomic mass is 10.1. The smallest absolute Gasteiger partial charge is 0.138 e. The molecule has 1 heterocycles. The van der Waals surface area contributed by atoms with Gasteiger partial charge in [-0.25, -0.2) is 14.4 Å². The maximum absolute atomic E-state index is 13.0. The summed E-state index contributed by atoms with van der Waals surface area (Å²) < 4.78 is 13.0. The molecule has 0 amide bonds. The van der Waals surface area contributed by atoms with Crippen LogP contribution < -0.4 is 5.73 Å². The monoisotopic (exact) mass is 277 g/mol. The summed E-state index contributed by atoms with van der Waals surface area (Å²) in [6, 6.07) is 6.44. The highest BCUT2D eigenvalue weighted by Gasteiger charge is 2.07. The molecule has 2 N–H and O–H groups in total. The average Bonchev–Trinajstić information content (AvgIpc) is 2.36. The van der Waals surface area contributed by atoms with Crippen molar-refractivity contribution < 1.29 is 4.39 Å². The number of nitrogens with two attached hydrogens (primary N) is 1. The highest BCUT2D eigenvalue weighted by atomic mass is 32.2. The molecule has 5 heteroatoms. The molecule has 0 saturated heterocycles. The number of benzene rings is 1. The number of nitrogens with zero attached hydrogens (tertiary/aromatic N) is 2. The van der Waals surface area contributed by atoms with Gasteiger partial charge in [0.05, 0.1) is 5.75 Å². The van der Waals surface area contributed by atoms with E-state index in [-0.39, 0.29) is 11.9 Å². The fraction of sp³-hybridized carbons (Fsp3) is 0.286. The summed E-state index contributed by atoms with van der Waals surface area (Å²) in [5, 5.41) is 0. The van der Waals surface area contributed by atoms with E-state index in [1.165, 1.54) is 23.9 Å². The lowest BCUT2D eigenvalue weighted by Crippen LogP contribution is -2.10. The number of halogens is 1. The summed E-state index contributed by atoms with van der Waals surface area (Å²) in [4.78, 5) is 9.59. The molecule has 100 valence electrons. The first-order chi connectivity index (χ1) is 9.06. The Labute approximate surface area is 116 Å². The van der Waals surface area contributed by atoms with Crippen molar-refractivity contribution in [1.82, 2.24) is 9.97 Å². The second kappa shape index (κ2) is 6.12. The van der Waals surface area contributed by atoms with Gasteiger partial charge in [0.15, 0.2) is 0 Å². The Hall–Kier alpha value is -1.46. The van der Waals surface area contributed by atoms with Crippen LogP contribution in [0.25, 0.3) is 0 Å². The topological polar surface area (TPSA) is 51.8 Å². The molecule has 0 aliphatic heterocycles. The third-order valence-electron chi connectivity index (χ3n) is 2.72. The largest absolute Gasteiger partial charge is 0.324 e. The first kappa shape index (κ1) is 14.0. The van der Waals surface area contributed by atoms with E-state index in [1.54, 1.807) is 12.3 Å². The summed E-state index contributed by atoms with van der Waals surface area (Å²) in [5.74, 6) is 1.12. The molecule has 2 rings (SSSR count). The van der Waals surface area contributed by atoms with E-state index in [2.05, 4.69) is 9.97 Å². The van der Waals surface area contributed by atoms with Crippen molar-refractivity contribution in [3.8, 4) is 0 Å². The zero-order chi connectivity index (χ0) is 13.8. The van der Waals surface area contributed by atoms with Crippen LogP contribution in [0.5, 0.6) is 0 Å². The van der Waals surface area contributed by atoms with Crippen molar-refractivity contribution in [3.63, 3.8) is 0 Å². The molecule has 0 bridgehead atoms. The van der Waals surface area contributed by atoms with E-state index in [4.69, 9.17) is 5.73 Å². The summed E-state index contributed by atoms with van der Waals surface area (Å²) in [6.07, 6.45) is 1.77. The number of hydrogen-bond donors (Lipinski definition) is 1. The molecule has 0 aliphatic rings. The molecule has 2 aromatic rings. The molecule has 0 unspecified atom stereocenters. The number of aryl methyl sites for hydroxylation is 1. The van der Waals surface area contributed by atoms with Gasteiger partial charge in [0.25, 0.3) is 0 Å². The molecule has 19 heavy (non-hydrogen) atoms. The number of aromatic nitrogens is 2. The Bertz CT molecular complexity index is 572. The molecular weight excluding hydrogens is 261 g/mol. The minimum Gasteiger partial charge on any atom is -0.324 e. The minimum absolute atomic E-state index is 0.0649. The standard InChI is InChI=1S/C14H16FN3S/c1-9(16)13-7-17-14(18-10(13)2)8-19-12-5-3-4-11(15)6-12/h3-7,9H,8,16H2,1-2H3/t9-/m1/s1. The van der Waals surface area contributed by atoms with E-state index in [0.29, 0.717) is 5.75 Å². The van der Waals surface area contributed by atoms with Crippen LogP contribution in [-0.2, 0) is 5.75 Å². The van der Waals surface area contributed by atoms with Gasteiger partial charge in [0, 0.05) is 28.4 Å². The Morgan fingerprint density at radius 3 is 2.84 bits per heavy atom. The summed E-state index contributed by atoms with van der Waals surface area (Å²) in [6.45, 7) is 3.84. The summed E-state index contributed by atoms with van der Waals surface area (Å²) >= 11 is 1.51. The predicted octanol–water partition coefficient (Wildman–Crippen LogP) is 3.24.